The van der Waals surface area contributed by atoms with Gasteiger partial charge in [0.1, 0.15) is 12.6 Å². The molecule has 40 heavy (non-hydrogen) atoms. The van der Waals surface area contributed by atoms with Crippen molar-refractivity contribution in [3.63, 3.8) is 0 Å². The molecule has 3 aromatic carbocycles. The SMILES string of the molecule is CCc1ccccc1N(CC(=O)N(Cc1ccccc1Cl)[C@H](CC)C(=O)NC(C)(C)C)S(=O)(=O)c1ccccc1. The molecule has 0 aliphatic carbocycles. The number of rotatable bonds is 11. The van der Waals surface area contributed by atoms with Crippen molar-refractivity contribution in [2.45, 2.75) is 70.5 Å². The molecule has 1 atom stereocenters. The Morgan fingerprint density at radius 1 is 0.875 bits per heavy atom. The van der Waals surface area contributed by atoms with Crippen LogP contribution in [0.4, 0.5) is 5.69 Å². The van der Waals surface area contributed by atoms with Crippen LogP contribution in [0.5, 0.6) is 0 Å². The number of nitrogens with zero attached hydrogens (tertiary/aromatic N) is 2. The van der Waals surface area contributed by atoms with Gasteiger partial charge in [-0.2, -0.15) is 0 Å². The standard InChI is InChI=1S/C31H38ClN3O4S/c1-6-23-15-12-14-20-28(23)35(40(38,39)25-17-9-8-10-18-25)22-29(36)34(21-24-16-11-13-19-26(24)32)27(7-2)30(37)33-31(3,4)5/h8-20,27H,6-7,21-22H2,1-5H3,(H,33,37)/t27-/m1/s1. The first-order valence-electron chi connectivity index (χ1n) is 13.4. The minimum absolute atomic E-state index is 0.0449. The van der Waals surface area contributed by atoms with Gasteiger partial charge in [0.15, 0.2) is 0 Å². The summed E-state index contributed by atoms with van der Waals surface area (Å²) in [6, 6.07) is 21.5. The Labute approximate surface area is 243 Å². The van der Waals surface area contributed by atoms with E-state index in [0.29, 0.717) is 29.1 Å². The van der Waals surface area contributed by atoms with E-state index in [4.69, 9.17) is 11.6 Å². The fourth-order valence-corrected chi connectivity index (χ4v) is 6.14. The Morgan fingerprint density at radius 2 is 1.45 bits per heavy atom. The van der Waals surface area contributed by atoms with Crippen LogP contribution in [0.25, 0.3) is 0 Å². The number of nitrogens with one attached hydrogen (secondary N) is 1. The molecule has 0 saturated heterocycles. The number of amides is 2. The highest BCUT2D eigenvalue weighted by atomic mass is 35.5. The zero-order valence-electron chi connectivity index (χ0n) is 23.7. The van der Waals surface area contributed by atoms with Gasteiger partial charge in [-0.1, -0.05) is 80.0 Å². The third-order valence-electron chi connectivity index (χ3n) is 6.43. The van der Waals surface area contributed by atoms with Crippen molar-refractivity contribution in [2.75, 3.05) is 10.8 Å². The van der Waals surface area contributed by atoms with Crippen molar-refractivity contribution in [3.05, 3.63) is 95.0 Å². The van der Waals surface area contributed by atoms with Crippen molar-refractivity contribution in [1.82, 2.24) is 10.2 Å². The van der Waals surface area contributed by atoms with Crippen LogP contribution in [0, 0.1) is 0 Å². The Balaban J connectivity index is 2.11. The summed E-state index contributed by atoms with van der Waals surface area (Å²) in [7, 11) is -4.12. The number of halogens is 1. The van der Waals surface area contributed by atoms with Crippen molar-refractivity contribution in [1.29, 1.82) is 0 Å². The maximum Gasteiger partial charge on any atom is 0.264 e. The first kappa shape index (κ1) is 31.2. The molecule has 0 fully saturated rings. The van der Waals surface area contributed by atoms with Gasteiger partial charge in [-0.25, -0.2) is 8.42 Å². The zero-order valence-corrected chi connectivity index (χ0v) is 25.3. The monoisotopic (exact) mass is 583 g/mol. The lowest BCUT2D eigenvalue weighted by molar-refractivity contribution is -0.141. The van der Waals surface area contributed by atoms with Crippen LogP contribution in [-0.2, 0) is 32.6 Å². The second-order valence-corrected chi connectivity index (χ2v) is 12.9. The summed E-state index contributed by atoms with van der Waals surface area (Å²) in [6.07, 6.45) is 0.898. The summed E-state index contributed by atoms with van der Waals surface area (Å²) in [5.74, 6) is -0.830. The van der Waals surface area contributed by atoms with E-state index in [1.807, 2.05) is 52.8 Å². The lowest BCUT2D eigenvalue weighted by Crippen LogP contribution is -2.55. The van der Waals surface area contributed by atoms with E-state index in [2.05, 4.69) is 5.32 Å². The van der Waals surface area contributed by atoms with Gasteiger partial charge < -0.3 is 10.2 Å². The highest BCUT2D eigenvalue weighted by molar-refractivity contribution is 7.92. The van der Waals surface area contributed by atoms with Crippen LogP contribution in [0.1, 0.15) is 52.2 Å². The summed E-state index contributed by atoms with van der Waals surface area (Å²) in [5.41, 5.74) is 1.34. The number of hydrogen-bond acceptors (Lipinski definition) is 4. The molecule has 0 aromatic heterocycles. The van der Waals surface area contributed by atoms with Gasteiger partial charge >= 0.3 is 0 Å². The number of benzene rings is 3. The van der Waals surface area contributed by atoms with Crippen molar-refractivity contribution in [3.8, 4) is 0 Å². The molecule has 214 valence electrons. The molecule has 9 heteroatoms. The van der Waals surface area contributed by atoms with E-state index in [1.165, 1.54) is 17.0 Å². The Kier molecular flexibility index (Phi) is 10.4. The Hall–Kier alpha value is -3.36. The van der Waals surface area contributed by atoms with Crippen LogP contribution in [0.15, 0.2) is 83.8 Å². The summed E-state index contributed by atoms with van der Waals surface area (Å²) >= 11 is 6.46. The molecule has 0 aliphatic heterocycles. The van der Waals surface area contributed by atoms with E-state index in [1.54, 1.807) is 48.5 Å². The number of hydrogen-bond donors (Lipinski definition) is 1. The maximum atomic E-state index is 14.2. The Morgan fingerprint density at radius 3 is 2.02 bits per heavy atom. The molecule has 0 aliphatic rings. The molecule has 0 spiro atoms. The molecule has 1 N–H and O–H groups in total. The van der Waals surface area contributed by atoms with Gasteiger partial charge in [0.25, 0.3) is 10.0 Å². The summed E-state index contributed by atoms with van der Waals surface area (Å²) in [4.78, 5) is 29.1. The highest BCUT2D eigenvalue weighted by Gasteiger charge is 2.35. The van der Waals surface area contributed by atoms with E-state index >= 15 is 0 Å². The first-order valence-corrected chi connectivity index (χ1v) is 15.2. The number of anilines is 1. The number of sulfonamides is 1. The molecule has 0 heterocycles. The lowest BCUT2D eigenvalue weighted by Gasteiger charge is -2.35. The van der Waals surface area contributed by atoms with Gasteiger partial charge in [0.2, 0.25) is 11.8 Å². The molecule has 3 aromatic rings. The summed E-state index contributed by atoms with van der Waals surface area (Å²) in [6.45, 7) is 8.92. The first-order chi connectivity index (χ1) is 18.9. The topological polar surface area (TPSA) is 86.8 Å². The third-order valence-corrected chi connectivity index (χ3v) is 8.58. The van der Waals surface area contributed by atoms with E-state index in [9.17, 15) is 18.0 Å². The molecule has 2 amide bonds. The normalized spacial score (nSPS) is 12.4. The minimum atomic E-state index is -4.12. The number of para-hydroxylation sites is 1. The smallest absolute Gasteiger partial charge is 0.264 e. The van der Waals surface area contributed by atoms with Crippen LogP contribution in [0.2, 0.25) is 5.02 Å². The fraction of sp³-hybridized carbons (Fsp3) is 0.355. The second-order valence-electron chi connectivity index (χ2n) is 10.6. The maximum absolute atomic E-state index is 14.2. The third kappa shape index (κ3) is 7.64. The molecule has 7 nitrogen and oxygen atoms in total. The van der Waals surface area contributed by atoms with Crippen molar-refractivity contribution in [2.24, 2.45) is 0 Å². The van der Waals surface area contributed by atoms with Gasteiger partial charge in [0.05, 0.1) is 10.6 Å². The number of aryl methyl sites for hydroxylation is 1. The molecule has 0 saturated carbocycles. The van der Waals surface area contributed by atoms with Crippen LogP contribution in [0.3, 0.4) is 0 Å². The average molecular weight is 584 g/mol. The van der Waals surface area contributed by atoms with E-state index in [0.717, 1.165) is 9.87 Å². The van der Waals surface area contributed by atoms with Gasteiger partial charge in [0, 0.05) is 17.1 Å². The van der Waals surface area contributed by atoms with Crippen LogP contribution >= 0.6 is 11.6 Å². The second kappa shape index (κ2) is 13.3. The predicted octanol–water partition coefficient (Wildman–Crippen LogP) is 5.82. The van der Waals surface area contributed by atoms with Gasteiger partial charge in [-0.15, -0.1) is 0 Å². The number of carbonyl (C=O) groups is 2. The van der Waals surface area contributed by atoms with Crippen molar-refractivity contribution < 1.29 is 18.0 Å². The zero-order chi connectivity index (χ0) is 29.5. The molecular formula is C31H38ClN3O4S. The molecule has 0 radical (unpaired) electrons. The largest absolute Gasteiger partial charge is 0.350 e. The molecule has 0 unspecified atom stereocenters. The Bertz CT molecular complexity index is 1420. The van der Waals surface area contributed by atoms with Crippen molar-refractivity contribution >= 4 is 39.1 Å². The van der Waals surface area contributed by atoms with Gasteiger partial charge in [-0.05, 0) is 69.0 Å². The van der Waals surface area contributed by atoms with Crippen LogP contribution in [-0.4, -0.2) is 43.3 Å². The summed E-state index contributed by atoms with van der Waals surface area (Å²) < 4.78 is 29.1. The predicted molar refractivity (Wildman–Crippen MR) is 161 cm³/mol. The molecule has 3 rings (SSSR count). The number of carbonyl (C=O) groups excluding carboxylic acids is 2. The lowest BCUT2D eigenvalue weighted by atomic mass is 10.1. The van der Waals surface area contributed by atoms with Gasteiger partial charge in [-0.3, -0.25) is 13.9 Å². The highest BCUT2D eigenvalue weighted by Crippen LogP contribution is 2.29. The quantitative estimate of drug-likeness (QED) is 0.308. The van der Waals surface area contributed by atoms with E-state index < -0.39 is 34.1 Å². The fourth-order valence-electron chi connectivity index (χ4n) is 4.47. The molecular weight excluding hydrogens is 546 g/mol. The van der Waals surface area contributed by atoms with Crippen LogP contribution < -0.4 is 9.62 Å². The summed E-state index contributed by atoms with van der Waals surface area (Å²) in [5, 5.41) is 3.42. The minimum Gasteiger partial charge on any atom is -0.350 e. The average Bonchev–Trinajstić information content (AvgIpc) is 2.92. The molecule has 0 bridgehead atoms. The van der Waals surface area contributed by atoms with E-state index in [-0.39, 0.29) is 17.3 Å².